The van der Waals surface area contributed by atoms with Gasteiger partial charge in [-0.25, -0.2) is 0 Å². The number of methoxy groups -OCH3 is 2. The van der Waals surface area contributed by atoms with Crippen molar-refractivity contribution in [1.29, 1.82) is 0 Å². The molecule has 1 aromatic rings. The second kappa shape index (κ2) is 5.95. The van der Waals surface area contributed by atoms with Crippen molar-refractivity contribution in [2.24, 2.45) is 0 Å². The molecule has 6 heteroatoms. The second-order valence-corrected chi connectivity index (χ2v) is 3.74. The smallest absolute Gasteiger partial charge is 0.390 e. The molecule has 1 aromatic carbocycles. The van der Waals surface area contributed by atoms with E-state index >= 15 is 0 Å². The van der Waals surface area contributed by atoms with E-state index in [1.807, 2.05) is 0 Å². The van der Waals surface area contributed by atoms with Crippen LogP contribution in [-0.4, -0.2) is 27.4 Å². The number of alkyl halides is 3. The second-order valence-electron chi connectivity index (χ2n) is 3.74. The summed E-state index contributed by atoms with van der Waals surface area (Å²) in [6.07, 6.45) is -5.25. The molecule has 0 heterocycles. The summed E-state index contributed by atoms with van der Waals surface area (Å²) in [7, 11) is 4.31. The zero-order valence-electron chi connectivity index (χ0n) is 10.5. The van der Waals surface area contributed by atoms with Gasteiger partial charge < -0.3 is 14.8 Å². The lowest BCUT2D eigenvalue weighted by atomic mass is 10.0. The molecule has 18 heavy (non-hydrogen) atoms. The van der Waals surface area contributed by atoms with Crippen LogP contribution < -0.4 is 14.8 Å². The van der Waals surface area contributed by atoms with Crippen LogP contribution in [0.4, 0.5) is 13.2 Å². The lowest BCUT2D eigenvalue weighted by Crippen LogP contribution is -2.24. The van der Waals surface area contributed by atoms with Crippen molar-refractivity contribution in [3.8, 4) is 11.5 Å². The van der Waals surface area contributed by atoms with Crippen molar-refractivity contribution in [3.63, 3.8) is 0 Å². The number of nitrogens with one attached hydrogen (secondary N) is 1. The van der Waals surface area contributed by atoms with Gasteiger partial charge in [0.15, 0.2) is 0 Å². The minimum atomic E-state index is -4.26. The molecule has 0 amide bonds. The molecule has 102 valence electrons. The molecule has 0 aliphatic heterocycles. The van der Waals surface area contributed by atoms with Crippen molar-refractivity contribution in [2.45, 2.75) is 18.6 Å². The Morgan fingerprint density at radius 2 is 1.67 bits per heavy atom. The lowest BCUT2D eigenvalue weighted by Gasteiger charge is -2.22. The van der Waals surface area contributed by atoms with Crippen molar-refractivity contribution < 1.29 is 22.6 Å². The summed E-state index contributed by atoms with van der Waals surface area (Å²) in [4.78, 5) is 0. The highest BCUT2D eigenvalue weighted by atomic mass is 19.4. The topological polar surface area (TPSA) is 30.5 Å². The molecule has 0 saturated carbocycles. The molecule has 0 aromatic heterocycles. The van der Waals surface area contributed by atoms with E-state index in [0.717, 1.165) is 0 Å². The van der Waals surface area contributed by atoms with E-state index < -0.39 is 18.6 Å². The zero-order chi connectivity index (χ0) is 13.8. The highest BCUT2D eigenvalue weighted by molar-refractivity contribution is 5.47. The summed E-state index contributed by atoms with van der Waals surface area (Å²) in [6.45, 7) is 0. The molecule has 0 aliphatic carbocycles. The number of hydrogen-bond acceptors (Lipinski definition) is 3. The molecule has 0 aliphatic rings. The average Bonchev–Trinajstić information content (AvgIpc) is 2.33. The molecular formula is C12H16F3NO2. The molecule has 0 fully saturated rings. The number of rotatable bonds is 5. The van der Waals surface area contributed by atoms with Crippen LogP contribution in [0.1, 0.15) is 18.0 Å². The van der Waals surface area contributed by atoms with Crippen LogP contribution in [0.15, 0.2) is 18.2 Å². The predicted octanol–water partition coefficient (Wildman–Crippen LogP) is 2.92. The van der Waals surface area contributed by atoms with E-state index in [0.29, 0.717) is 17.1 Å². The van der Waals surface area contributed by atoms with Crippen LogP contribution >= 0.6 is 0 Å². The summed E-state index contributed by atoms with van der Waals surface area (Å²) in [5.41, 5.74) is 0.377. The summed E-state index contributed by atoms with van der Waals surface area (Å²) >= 11 is 0. The SMILES string of the molecule is CNC(CC(F)(F)F)c1c(OC)cccc1OC. The van der Waals surface area contributed by atoms with Crippen molar-refractivity contribution in [3.05, 3.63) is 23.8 Å². The Kier molecular flexibility index (Phi) is 4.84. The van der Waals surface area contributed by atoms with E-state index in [1.54, 1.807) is 18.2 Å². The Morgan fingerprint density at radius 3 is 2.00 bits per heavy atom. The fraction of sp³-hybridized carbons (Fsp3) is 0.500. The molecular weight excluding hydrogens is 247 g/mol. The highest BCUT2D eigenvalue weighted by Gasteiger charge is 2.34. The van der Waals surface area contributed by atoms with Crippen molar-refractivity contribution >= 4 is 0 Å². The standard InChI is InChI=1S/C12H16F3NO2/c1-16-8(7-12(13,14)15)11-9(17-2)5-4-6-10(11)18-3/h4-6,8,16H,7H2,1-3H3. The summed E-state index contributed by atoms with van der Waals surface area (Å²) in [5.74, 6) is 0.746. The van der Waals surface area contributed by atoms with Gasteiger partial charge in [-0.1, -0.05) is 6.07 Å². The molecule has 0 saturated heterocycles. The Hall–Kier alpha value is -1.43. The quantitative estimate of drug-likeness (QED) is 0.886. The molecule has 1 unspecified atom stereocenters. The largest absolute Gasteiger partial charge is 0.496 e. The summed E-state index contributed by atoms with van der Waals surface area (Å²) in [5, 5.41) is 2.64. The lowest BCUT2D eigenvalue weighted by molar-refractivity contribution is -0.140. The predicted molar refractivity (Wildman–Crippen MR) is 62.0 cm³/mol. The maximum atomic E-state index is 12.5. The average molecular weight is 263 g/mol. The van der Waals surface area contributed by atoms with Gasteiger partial charge in [0.25, 0.3) is 0 Å². The Morgan fingerprint density at radius 1 is 1.17 bits per heavy atom. The van der Waals surface area contributed by atoms with Crippen molar-refractivity contribution in [2.75, 3.05) is 21.3 Å². The first kappa shape index (κ1) is 14.6. The first-order valence-electron chi connectivity index (χ1n) is 5.37. The van der Waals surface area contributed by atoms with Crippen LogP contribution in [-0.2, 0) is 0 Å². The molecule has 0 radical (unpaired) electrons. The van der Waals surface area contributed by atoms with Crippen LogP contribution in [0.3, 0.4) is 0 Å². The van der Waals surface area contributed by atoms with Gasteiger partial charge in [0, 0.05) is 6.04 Å². The minimum Gasteiger partial charge on any atom is -0.496 e. The zero-order valence-corrected chi connectivity index (χ0v) is 10.5. The van der Waals surface area contributed by atoms with Crippen LogP contribution in [0.2, 0.25) is 0 Å². The first-order chi connectivity index (χ1) is 8.42. The fourth-order valence-corrected chi connectivity index (χ4v) is 1.80. The van der Waals surface area contributed by atoms with Crippen molar-refractivity contribution in [1.82, 2.24) is 5.32 Å². The first-order valence-corrected chi connectivity index (χ1v) is 5.37. The van der Waals surface area contributed by atoms with E-state index in [1.165, 1.54) is 21.3 Å². The van der Waals surface area contributed by atoms with E-state index in [2.05, 4.69) is 5.32 Å². The maximum absolute atomic E-state index is 12.5. The minimum absolute atomic E-state index is 0.373. The Bertz CT molecular complexity index is 371. The number of benzene rings is 1. The molecule has 0 bridgehead atoms. The fourth-order valence-electron chi connectivity index (χ4n) is 1.80. The van der Waals surface area contributed by atoms with Crippen LogP contribution in [0.5, 0.6) is 11.5 Å². The van der Waals surface area contributed by atoms with E-state index in [-0.39, 0.29) is 0 Å². The van der Waals surface area contributed by atoms with Gasteiger partial charge >= 0.3 is 6.18 Å². The van der Waals surface area contributed by atoms with E-state index in [4.69, 9.17) is 9.47 Å². The molecule has 0 spiro atoms. The van der Waals surface area contributed by atoms with Crippen LogP contribution in [0.25, 0.3) is 0 Å². The molecule has 3 nitrogen and oxygen atoms in total. The van der Waals surface area contributed by atoms with Gasteiger partial charge in [0.05, 0.1) is 26.2 Å². The number of hydrogen-bond donors (Lipinski definition) is 1. The van der Waals surface area contributed by atoms with Gasteiger partial charge in [-0.3, -0.25) is 0 Å². The van der Waals surface area contributed by atoms with Gasteiger partial charge in [0.1, 0.15) is 11.5 Å². The Labute approximate surface area is 104 Å². The third-order valence-electron chi connectivity index (χ3n) is 2.60. The van der Waals surface area contributed by atoms with Crippen LogP contribution in [0, 0.1) is 0 Å². The summed E-state index contributed by atoms with van der Waals surface area (Å²) < 4.78 is 47.8. The van der Waals surface area contributed by atoms with Gasteiger partial charge in [-0.15, -0.1) is 0 Å². The number of ether oxygens (including phenoxy) is 2. The monoisotopic (exact) mass is 263 g/mol. The van der Waals surface area contributed by atoms with E-state index in [9.17, 15) is 13.2 Å². The normalized spacial score (nSPS) is 13.2. The van der Waals surface area contributed by atoms with Gasteiger partial charge in [0.2, 0.25) is 0 Å². The maximum Gasteiger partial charge on any atom is 0.390 e. The molecule has 1 N–H and O–H groups in total. The highest BCUT2D eigenvalue weighted by Crippen LogP contribution is 2.39. The summed E-state index contributed by atoms with van der Waals surface area (Å²) in [6, 6.07) is 3.98. The third-order valence-corrected chi connectivity index (χ3v) is 2.60. The number of halogens is 3. The molecule has 1 rings (SSSR count). The molecule has 1 atom stereocenters. The Balaban J connectivity index is 3.18. The third kappa shape index (κ3) is 3.53. The van der Waals surface area contributed by atoms with Gasteiger partial charge in [-0.2, -0.15) is 13.2 Å². The van der Waals surface area contributed by atoms with Gasteiger partial charge in [-0.05, 0) is 19.2 Å².